The van der Waals surface area contributed by atoms with E-state index >= 15 is 0 Å². The van der Waals surface area contributed by atoms with E-state index in [4.69, 9.17) is 32.5 Å². The highest BCUT2D eigenvalue weighted by atomic mass is 35.5. The number of thiazole rings is 1. The molecule has 4 rings (SSSR count). The van der Waals surface area contributed by atoms with E-state index in [1.54, 1.807) is 36.1 Å². The van der Waals surface area contributed by atoms with Gasteiger partial charge in [0.25, 0.3) is 11.8 Å². The van der Waals surface area contributed by atoms with Gasteiger partial charge < -0.3 is 14.2 Å². The monoisotopic (exact) mass is 466 g/mol. The molecule has 0 unspecified atom stereocenters. The van der Waals surface area contributed by atoms with Gasteiger partial charge in [0.1, 0.15) is 11.5 Å². The van der Waals surface area contributed by atoms with Crippen molar-refractivity contribution in [3.05, 3.63) is 56.3 Å². The number of nitrogens with one attached hydrogen (secondary N) is 1. The molecule has 3 heterocycles. The van der Waals surface area contributed by atoms with Gasteiger partial charge in [-0.1, -0.05) is 39.7 Å². The summed E-state index contributed by atoms with van der Waals surface area (Å²) in [5, 5.41) is 7.72. The smallest absolute Gasteiger partial charge is 0.279 e. The number of hydrogen-bond donors (Lipinski definition) is 1. The first kappa shape index (κ1) is 20.6. The van der Waals surface area contributed by atoms with E-state index in [0.29, 0.717) is 46.2 Å². The number of nitrogens with zero attached hydrogens (tertiary/aromatic N) is 3. The maximum atomic E-state index is 12.6. The Morgan fingerprint density at radius 3 is 2.90 bits per heavy atom. The van der Waals surface area contributed by atoms with Crippen LogP contribution in [0.15, 0.2) is 28.8 Å². The summed E-state index contributed by atoms with van der Waals surface area (Å²) in [4.78, 5) is 31.8. The highest BCUT2D eigenvalue weighted by Crippen LogP contribution is 2.30. The van der Waals surface area contributed by atoms with E-state index in [2.05, 4.69) is 15.5 Å². The molecule has 0 bridgehead atoms. The molecule has 0 spiro atoms. The fourth-order valence-corrected chi connectivity index (χ4v) is 4.40. The molecule has 1 aliphatic heterocycles. The molecular weight excluding hydrogens is 451 g/mol. The first-order valence-electron chi connectivity index (χ1n) is 8.98. The fourth-order valence-electron chi connectivity index (χ4n) is 2.92. The van der Waals surface area contributed by atoms with Crippen LogP contribution < -0.4 is 10.1 Å². The lowest BCUT2D eigenvalue weighted by Gasteiger charge is -2.26. The molecule has 0 saturated carbocycles. The number of anilines is 1. The minimum atomic E-state index is -0.390. The van der Waals surface area contributed by atoms with Gasteiger partial charge in [-0.3, -0.25) is 14.9 Å². The normalized spacial score (nSPS) is 13.1. The molecule has 11 heteroatoms. The van der Waals surface area contributed by atoms with Crippen molar-refractivity contribution < 1.29 is 18.8 Å². The minimum absolute atomic E-state index is 0.134. The van der Waals surface area contributed by atoms with Crippen LogP contribution in [0.3, 0.4) is 0 Å². The Balaban J connectivity index is 1.36. The molecule has 0 fully saturated rings. The SMILES string of the molecule is Cc1cc(C(=O)Nc2nc3c(s2)CN(C(=O)COc2ccc(Cl)cc2Cl)CC3)no1. The molecule has 0 aliphatic carbocycles. The number of aromatic nitrogens is 2. The average molecular weight is 467 g/mol. The van der Waals surface area contributed by atoms with Gasteiger partial charge in [0, 0.05) is 28.9 Å². The standard InChI is InChI=1S/C19H16Cl2N4O4S/c1-10-6-14(24-29-10)18(27)23-19-22-13-4-5-25(8-16(13)30-19)17(26)9-28-15-3-2-11(20)7-12(15)21/h2-3,6-7H,4-5,8-9H2,1H3,(H,22,23,27). The van der Waals surface area contributed by atoms with E-state index in [1.807, 2.05) is 0 Å². The van der Waals surface area contributed by atoms with Crippen LogP contribution in [-0.4, -0.2) is 40.0 Å². The first-order valence-corrected chi connectivity index (χ1v) is 10.5. The van der Waals surface area contributed by atoms with Gasteiger partial charge in [0.05, 0.1) is 17.3 Å². The van der Waals surface area contributed by atoms with Crippen molar-refractivity contribution in [3.63, 3.8) is 0 Å². The fraction of sp³-hybridized carbons (Fsp3) is 0.263. The molecular formula is C19H16Cl2N4O4S. The van der Waals surface area contributed by atoms with Crippen LogP contribution >= 0.6 is 34.5 Å². The zero-order valence-electron chi connectivity index (χ0n) is 15.8. The van der Waals surface area contributed by atoms with Crippen LogP contribution in [0.1, 0.15) is 26.8 Å². The highest BCUT2D eigenvalue weighted by molar-refractivity contribution is 7.15. The molecule has 0 saturated heterocycles. The number of carbonyl (C=O) groups is 2. The number of rotatable bonds is 5. The zero-order valence-corrected chi connectivity index (χ0v) is 18.1. The van der Waals surface area contributed by atoms with Gasteiger partial charge in [0.2, 0.25) is 0 Å². The molecule has 8 nitrogen and oxygen atoms in total. The second-order valence-electron chi connectivity index (χ2n) is 6.59. The van der Waals surface area contributed by atoms with Crippen LogP contribution in [0.4, 0.5) is 5.13 Å². The summed E-state index contributed by atoms with van der Waals surface area (Å²) in [6.45, 7) is 2.50. The Bertz CT molecular complexity index is 1110. The number of benzene rings is 1. The lowest BCUT2D eigenvalue weighted by molar-refractivity contribution is -0.134. The molecule has 30 heavy (non-hydrogen) atoms. The van der Waals surface area contributed by atoms with Gasteiger partial charge in [-0.15, -0.1) is 0 Å². The van der Waals surface area contributed by atoms with Crippen molar-refractivity contribution in [3.8, 4) is 5.75 Å². The highest BCUT2D eigenvalue weighted by Gasteiger charge is 2.25. The number of halogens is 2. The van der Waals surface area contributed by atoms with E-state index < -0.39 is 0 Å². The first-order chi connectivity index (χ1) is 14.4. The molecule has 2 amide bonds. The lowest BCUT2D eigenvalue weighted by atomic mass is 10.2. The topological polar surface area (TPSA) is 97.6 Å². The summed E-state index contributed by atoms with van der Waals surface area (Å²) in [7, 11) is 0. The van der Waals surface area contributed by atoms with Gasteiger partial charge in [-0.25, -0.2) is 4.98 Å². The van der Waals surface area contributed by atoms with Crippen molar-refractivity contribution >= 4 is 51.5 Å². The quantitative estimate of drug-likeness (QED) is 0.610. The van der Waals surface area contributed by atoms with Crippen LogP contribution in [0.5, 0.6) is 5.75 Å². The van der Waals surface area contributed by atoms with Gasteiger partial charge in [0.15, 0.2) is 17.4 Å². The maximum Gasteiger partial charge on any atom is 0.279 e. The Labute approximate surface area is 185 Å². The molecule has 0 radical (unpaired) electrons. The summed E-state index contributed by atoms with van der Waals surface area (Å²) in [5.74, 6) is 0.399. The number of fused-ring (bicyclic) bond motifs is 1. The summed E-state index contributed by atoms with van der Waals surface area (Å²) >= 11 is 13.3. The maximum absolute atomic E-state index is 12.6. The van der Waals surface area contributed by atoms with E-state index in [9.17, 15) is 9.59 Å². The number of hydrogen-bond acceptors (Lipinski definition) is 7. The molecule has 3 aromatic rings. The summed E-state index contributed by atoms with van der Waals surface area (Å²) < 4.78 is 10.5. The predicted molar refractivity (Wildman–Crippen MR) is 112 cm³/mol. The third-order valence-electron chi connectivity index (χ3n) is 4.41. The van der Waals surface area contributed by atoms with Crippen molar-refractivity contribution in [2.45, 2.75) is 19.9 Å². The largest absolute Gasteiger partial charge is 0.482 e. The molecule has 2 aromatic heterocycles. The molecule has 0 atom stereocenters. The molecule has 1 aromatic carbocycles. The van der Waals surface area contributed by atoms with Crippen molar-refractivity contribution in [2.75, 3.05) is 18.5 Å². The summed E-state index contributed by atoms with van der Waals surface area (Å²) in [5.41, 5.74) is 1.06. The molecule has 1 N–H and O–H groups in total. The van der Waals surface area contributed by atoms with Crippen LogP contribution in [-0.2, 0) is 17.8 Å². The van der Waals surface area contributed by atoms with Crippen molar-refractivity contribution in [2.24, 2.45) is 0 Å². The third kappa shape index (κ3) is 4.58. The third-order valence-corrected chi connectivity index (χ3v) is 5.94. The molecule has 1 aliphatic rings. The average Bonchev–Trinajstić information content (AvgIpc) is 3.32. The van der Waals surface area contributed by atoms with Gasteiger partial charge in [-0.2, -0.15) is 0 Å². The second kappa shape index (κ2) is 8.63. The van der Waals surface area contributed by atoms with E-state index in [-0.39, 0.29) is 24.1 Å². The Kier molecular flexibility index (Phi) is 5.94. The van der Waals surface area contributed by atoms with E-state index in [0.717, 1.165) is 10.6 Å². The Hall–Kier alpha value is -2.62. The Morgan fingerprint density at radius 2 is 2.17 bits per heavy atom. The van der Waals surface area contributed by atoms with Crippen LogP contribution in [0, 0.1) is 6.92 Å². The van der Waals surface area contributed by atoms with Crippen molar-refractivity contribution in [1.82, 2.24) is 15.0 Å². The van der Waals surface area contributed by atoms with E-state index in [1.165, 1.54) is 11.3 Å². The minimum Gasteiger partial charge on any atom is -0.482 e. The van der Waals surface area contributed by atoms with Crippen LogP contribution in [0.25, 0.3) is 0 Å². The van der Waals surface area contributed by atoms with Gasteiger partial charge in [-0.05, 0) is 25.1 Å². The van der Waals surface area contributed by atoms with Gasteiger partial charge >= 0.3 is 0 Å². The Morgan fingerprint density at radius 1 is 1.33 bits per heavy atom. The number of aryl methyl sites for hydroxylation is 1. The lowest BCUT2D eigenvalue weighted by Crippen LogP contribution is -2.38. The number of carbonyl (C=O) groups excluding carboxylic acids is 2. The summed E-state index contributed by atoms with van der Waals surface area (Å²) in [6.07, 6.45) is 0.595. The van der Waals surface area contributed by atoms with Crippen LogP contribution in [0.2, 0.25) is 10.0 Å². The number of ether oxygens (including phenoxy) is 1. The predicted octanol–water partition coefficient (Wildman–Crippen LogP) is 3.96. The number of amides is 2. The second-order valence-corrected chi connectivity index (χ2v) is 8.52. The molecule has 156 valence electrons. The van der Waals surface area contributed by atoms with Crippen molar-refractivity contribution in [1.29, 1.82) is 0 Å². The zero-order chi connectivity index (χ0) is 21.3. The summed E-state index contributed by atoms with van der Waals surface area (Å²) in [6, 6.07) is 6.38.